The molecular weight excluding hydrogens is 250 g/mol. The zero-order valence-corrected chi connectivity index (χ0v) is 10.7. The average molecular weight is 263 g/mol. The van der Waals surface area contributed by atoms with Gasteiger partial charge in [-0.15, -0.1) is 11.3 Å². The van der Waals surface area contributed by atoms with Gasteiger partial charge in [0.25, 0.3) is 5.69 Å². The quantitative estimate of drug-likeness (QED) is 0.661. The standard InChI is InChI=1S/C12H13N3O2S/c1-2-7-13-12-14-10(8-18-12)9-5-3-4-6-11(9)15(16)17/h3-6,8H,2,7H2,1H3,(H,13,14). The second kappa shape index (κ2) is 5.59. The van der Waals surface area contributed by atoms with Crippen molar-refractivity contribution in [3.63, 3.8) is 0 Å². The van der Waals surface area contributed by atoms with Gasteiger partial charge in [-0.25, -0.2) is 4.98 Å². The molecule has 6 heteroatoms. The zero-order chi connectivity index (χ0) is 13.0. The first-order valence-corrected chi connectivity index (χ1v) is 6.53. The van der Waals surface area contributed by atoms with Gasteiger partial charge in [-0.05, 0) is 12.5 Å². The van der Waals surface area contributed by atoms with E-state index in [2.05, 4.69) is 17.2 Å². The number of nitrogens with one attached hydrogen (secondary N) is 1. The number of aromatic nitrogens is 1. The second-order valence-electron chi connectivity index (χ2n) is 3.74. The Morgan fingerprint density at radius 2 is 2.22 bits per heavy atom. The molecule has 0 spiro atoms. The van der Waals surface area contributed by atoms with Crippen LogP contribution in [0.4, 0.5) is 10.8 Å². The molecule has 1 N–H and O–H groups in total. The van der Waals surface area contributed by atoms with E-state index in [-0.39, 0.29) is 10.6 Å². The van der Waals surface area contributed by atoms with Gasteiger partial charge in [-0.3, -0.25) is 10.1 Å². The van der Waals surface area contributed by atoms with Gasteiger partial charge in [0.05, 0.1) is 16.2 Å². The van der Waals surface area contributed by atoms with E-state index in [0.717, 1.165) is 18.1 Å². The van der Waals surface area contributed by atoms with Crippen molar-refractivity contribution in [3.05, 3.63) is 39.8 Å². The van der Waals surface area contributed by atoms with Crippen molar-refractivity contribution in [1.82, 2.24) is 4.98 Å². The first kappa shape index (κ1) is 12.5. The summed E-state index contributed by atoms with van der Waals surface area (Å²) < 4.78 is 0. The molecule has 2 rings (SSSR count). The Morgan fingerprint density at radius 1 is 1.44 bits per heavy atom. The zero-order valence-electron chi connectivity index (χ0n) is 9.92. The molecule has 0 radical (unpaired) electrons. The molecule has 0 aliphatic carbocycles. The topological polar surface area (TPSA) is 68.1 Å². The summed E-state index contributed by atoms with van der Waals surface area (Å²) in [5.74, 6) is 0. The Hall–Kier alpha value is -1.95. The number of nitro benzene ring substituents is 1. The molecule has 2 aromatic rings. The van der Waals surface area contributed by atoms with Gasteiger partial charge in [0, 0.05) is 18.0 Å². The Morgan fingerprint density at radius 3 is 2.94 bits per heavy atom. The highest BCUT2D eigenvalue weighted by Crippen LogP contribution is 2.31. The van der Waals surface area contributed by atoms with E-state index in [1.807, 2.05) is 5.38 Å². The Balaban J connectivity index is 2.31. The minimum Gasteiger partial charge on any atom is -0.362 e. The number of nitro groups is 1. The molecule has 0 unspecified atom stereocenters. The number of thiazole rings is 1. The lowest BCUT2D eigenvalue weighted by Gasteiger charge is -1.99. The van der Waals surface area contributed by atoms with Crippen LogP contribution in [-0.2, 0) is 0 Å². The number of hydrogen-bond acceptors (Lipinski definition) is 5. The maximum atomic E-state index is 10.9. The molecule has 0 amide bonds. The first-order chi connectivity index (χ1) is 8.72. The molecule has 1 heterocycles. The van der Waals surface area contributed by atoms with Crippen LogP contribution >= 0.6 is 11.3 Å². The third-order valence-corrected chi connectivity index (χ3v) is 3.21. The van der Waals surface area contributed by atoms with Crippen LogP contribution in [0.3, 0.4) is 0 Å². The lowest BCUT2D eigenvalue weighted by atomic mass is 10.1. The van der Waals surface area contributed by atoms with Crippen molar-refractivity contribution in [2.45, 2.75) is 13.3 Å². The van der Waals surface area contributed by atoms with Crippen LogP contribution in [0.25, 0.3) is 11.3 Å². The summed E-state index contributed by atoms with van der Waals surface area (Å²) in [6.07, 6.45) is 1.01. The van der Waals surface area contributed by atoms with Gasteiger partial charge in [0.2, 0.25) is 0 Å². The number of rotatable bonds is 5. The van der Waals surface area contributed by atoms with Gasteiger partial charge < -0.3 is 5.32 Å². The van der Waals surface area contributed by atoms with Crippen molar-refractivity contribution in [2.24, 2.45) is 0 Å². The molecule has 0 aliphatic heterocycles. The fourth-order valence-electron chi connectivity index (χ4n) is 1.56. The van der Waals surface area contributed by atoms with E-state index in [1.165, 1.54) is 17.4 Å². The summed E-state index contributed by atoms with van der Waals surface area (Å²) in [6, 6.07) is 6.65. The normalized spacial score (nSPS) is 10.3. The molecule has 0 fully saturated rings. The smallest absolute Gasteiger partial charge is 0.278 e. The maximum absolute atomic E-state index is 10.9. The van der Waals surface area contributed by atoms with E-state index in [9.17, 15) is 10.1 Å². The molecule has 0 saturated heterocycles. The van der Waals surface area contributed by atoms with Gasteiger partial charge in [-0.2, -0.15) is 0 Å². The summed E-state index contributed by atoms with van der Waals surface area (Å²) >= 11 is 1.46. The molecular formula is C12H13N3O2S. The molecule has 1 aromatic heterocycles. The number of para-hydroxylation sites is 1. The van der Waals surface area contributed by atoms with Crippen molar-refractivity contribution < 1.29 is 4.92 Å². The highest BCUT2D eigenvalue weighted by molar-refractivity contribution is 7.14. The molecule has 94 valence electrons. The van der Waals surface area contributed by atoms with Crippen molar-refractivity contribution in [2.75, 3.05) is 11.9 Å². The van der Waals surface area contributed by atoms with Gasteiger partial charge in [0.15, 0.2) is 5.13 Å². The van der Waals surface area contributed by atoms with Gasteiger partial charge >= 0.3 is 0 Å². The predicted molar refractivity (Wildman–Crippen MR) is 73.0 cm³/mol. The van der Waals surface area contributed by atoms with E-state index in [4.69, 9.17) is 0 Å². The summed E-state index contributed by atoms with van der Waals surface area (Å²) in [5, 5.41) is 16.7. The lowest BCUT2D eigenvalue weighted by molar-refractivity contribution is -0.384. The number of benzene rings is 1. The predicted octanol–water partition coefficient (Wildman–Crippen LogP) is 3.54. The summed E-state index contributed by atoms with van der Waals surface area (Å²) in [5.41, 5.74) is 1.29. The van der Waals surface area contributed by atoms with Crippen LogP contribution in [0.2, 0.25) is 0 Å². The van der Waals surface area contributed by atoms with Gasteiger partial charge in [0.1, 0.15) is 0 Å². The largest absolute Gasteiger partial charge is 0.362 e. The fourth-order valence-corrected chi connectivity index (χ4v) is 2.30. The minimum absolute atomic E-state index is 0.0878. The Labute approximate surface area is 109 Å². The van der Waals surface area contributed by atoms with Crippen molar-refractivity contribution in [3.8, 4) is 11.3 Å². The summed E-state index contributed by atoms with van der Waals surface area (Å²) in [6.45, 7) is 2.92. The molecule has 0 atom stereocenters. The summed E-state index contributed by atoms with van der Waals surface area (Å²) in [7, 11) is 0. The van der Waals surface area contributed by atoms with Crippen molar-refractivity contribution >= 4 is 22.2 Å². The van der Waals surface area contributed by atoms with Crippen LogP contribution in [-0.4, -0.2) is 16.5 Å². The summed E-state index contributed by atoms with van der Waals surface area (Å²) in [4.78, 5) is 14.9. The van der Waals surface area contributed by atoms with Crippen molar-refractivity contribution in [1.29, 1.82) is 0 Å². The third-order valence-electron chi connectivity index (χ3n) is 2.41. The molecule has 0 saturated carbocycles. The van der Waals surface area contributed by atoms with E-state index < -0.39 is 0 Å². The maximum Gasteiger partial charge on any atom is 0.278 e. The molecule has 1 aromatic carbocycles. The number of anilines is 1. The fraction of sp³-hybridized carbons (Fsp3) is 0.250. The number of nitrogens with zero attached hydrogens (tertiary/aromatic N) is 2. The number of hydrogen-bond donors (Lipinski definition) is 1. The highest BCUT2D eigenvalue weighted by atomic mass is 32.1. The van der Waals surface area contributed by atoms with Gasteiger partial charge in [-0.1, -0.05) is 19.1 Å². The van der Waals surface area contributed by atoms with Crippen LogP contribution < -0.4 is 5.32 Å². The molecule has 5 nitrogen and oxygen atoms in total. The van der Waals surface area contributed by atoms with E-state index in [0.29, 0.717) is 11.3 Å². The minimum atomic E-state index is -0.381. The Kier molecular flexibility index (Phi) is 3.88. The highest BCUT2D eigenvalue weighted by Gasteiger charge is 2.16. The van der Waals surface area contributed by atoms with Crippen LogP contribution in [0.15, 0.2) is 29.6 Å². The Bertz CT molecular complexity index is 554. The lowest BCUT2D eigenvalue weighted by Crippen LogP contribution is -1.98. The van der Waals surface area contributed by atoms with E-state index >= 15 is 0 Å². The average Bonchev–Trinajstić information content (AvgIpc) is 2.85. The first-order valence-electron chi connectivity index (χ1n) is 5.65. The molecule has 18 heavy (non-hydrogen) atoms. The molecule has 0 aliphatic rings. The molecule has 0 bridgehead atoms. The second-order valence-corrected chi connectivity index (χ2v) is 4.60. The van der Waals surface area contributed by atoms with Crippen LogP contribution in [0.5, 0.6) is 0 Å². The third kappa shape index (κ3) is 2.65. The SMILES string of the molecule is CCCNc1nc(-c2ccccc2[N+](=O)[O-])cs1. The van der Waals surface area contributed by atoms with E-state index in [1.54, 1.807) is 18.2 Å². The monoisotopic (exact) mass is 263 g/mol. The van der Waals surface area contributed by atoms with Crippen LogP contribution in [0.1, 0.15) is 13.3 Å². The van der Waals surface area contributed by atoms with Crippen LogP contribution in [0, 0.1) is 10.1 Å².